The number of nitrogens with one attached hydrogen (secondary N) is 1. The van der Waals surface area contributed by atoms with Gasteiger partial charge >= 0.3 is 5.97 Å². The fourth-order valence-corrected chi connectivity index (χ4v) is 1.54. The van der Waals surface area contributed by atoms with Crippen molar-refractivity contribution in [2.75, 3.05) is 11.1 Å². The highest BCUT2D eigenvalue weighted by Crippen LogP contribution is 2.13. The molecule has 2 heterocycles. The summed E-state index contributed by atoms with van der Waals surface area (Å²) in [5, 5.41) is 19.0. The number of carboxylic acids is 1. The van der Waals surface area contributed by atoms with Crippen LogP contribution in [0.3, 0.4) is 0 Å². The van der Waals surface area contributed by atoms with Gasteiger partial charge in [0.2, 0.25) is 5.91 Å². The highest BCUT2D eigenvalue weighted by molar-refractivity contribution is 5.98. The van der Waals surface area contributed by atoms with Crippen LogP contribution in [-0.4, -0.2) is 36.5 Å². The number of aryl methyl sites for hydroxylation is 1. The highest BCUT2D eigenvalue weighted by atomic mass is 16.4. The predicted octanol–water partition coefficient (Wildman–Crippen LogP) is -0.464. The van der Waals surface area contributed by atoms with E-state index in [-0.39, 0.29) is 17.9 Å². The van der Waals surface area contributed by atoms with Crippen LogP contribution in [-0.2, 0) is 18.4 Å². The Hall–Kier alpha value is -2.84. The van der Waals surface area contributed by atoms with Gasteiger partial charge in [0, 0.05) is 19.4 Å². The molecule has 9 heteroatoms. The molecule has 4 N–H and O–H groups in total. The molecule has 2 aromatic rings. The fourth-order valence-electron chi connectivity index (χ4n) is 1.54. The second kappa shape index (κ2) is 4.80. The van der Waals surface area contributed by atoms with Gasteiger partial charge in [-0.2, -0.15) is 10.2 Å². The number of carboxylic acid groups (broad SMARTS) is 1. The van der Waals surface area contributed by atoms with Crippen molar-refractivity contribution in [3.8, 4) is 0 Å². The Bertz CT molecular complexity index is 629. The zero-order chi connectivity index (χ0) is 14.0. The summed E-state index contributed by atoms with van der Waals surface area (Å²) in [7, 11) is 1.57. The van der Waals surface area contributed by atoms with Gasteiger partial charge < -0.3 is 16.2 Å². The Balaban J connectivity index is 2.08. The lowest BCUT2D eigenvalue weighted by atomic mass is 10.3. The molecule has 0 atom stereocenters. The van der Waals surface area contributed by atoms with Crippen molar-refractivity contribution in [2.45, 2.75) is 6.54 Å². The summed E-state index contributed by atoms with van der Waals surface area (Å²) in [6.07, 6.45) is 2.97. The Morgan fingerprint density at radius 3 is 2.79 bits per heavy atom. The van der Waals surface area contributed by atoms with Crippen LogP contribution >= 0.6 is 0 Å². The topological polar surface area (TPSA) is 128 Å². The maximum absolute atomic E-state index is 11.7. The first-order valence-electron chi connectivity index (χ1n) is 5.31. The quantitative estimate of drug-likeness (QED) is 0.685. The Kier molecular flexibility index (Phi) is 3.19. The lowest BCUT2D eigenvalue weighted by Crippen LogP contribution is -2.20. The van der Waals surface area contributed by atoms with Crippen LogP contribution in [0.2, 0.25) is 0 Å². The summed E-state index contributed by atoms with van der Waals surface area (Å²) in [4.78, 5) is 22.6. The normalized spacial score (nSPS) is 10.4. The number of anilines is 2. The van der Waals surface area contributed by atoms with Crippen molar-refractivity contribution < 1.29 is 14.7 Å². The van der Waals surface area contributed by atoms with Gasteiger partial charge in [-0.05, 0) is 6.07 Å². The predicted molar refractivity (Wildman–Crippen MR) is 65.4 cm³/mol. The Morgan fingerprint density at radius 1 is 1.47 bits per heavy atom. The van der Waals surface area contributed by atoms with E-state index in [0.717, 1.165) is 0 Å². The van der Waals surface area contributed by atoms with E-state index in [2.05, 4.69) is 15.5 Å². The fraction of sp³-hybridized carbons (Fsp3) is 0.200. The molecule has 0 aromatic carbocycles. The van der Waals surface area contributed by atoms with Crippen molar-refractivity contribution >= 4 is 23.4 Å². The summed E-state index contributed by atoms with van der Waals surface area (Å²) >= 11 is 0. The van der Waals surface area contributed by atoms with Crippen LogP contribution in [0.25, 0.3) is 0 Å². The molecule has 0 unspecified atom stereocenters. The van der Waals surface area contributed by atoms with E-state index in [0.29, 0.717) is 5.82 Å². The van der Waals surface area contributed by atoms with Gasteiger partial charge in [-0.3, -0.25) is 14.2 Å². The van der Waals surface area contributed by atoms with Gasteiger partial charge in [-0.15, -0.1) is 0 Å². The molecule has 0 saturated heterocycles. The van der Waals surface area contributed by atoms with Crippen molar-refractivity contribution in [3.63, 3.8) is 0 Å². The first-order chi connectivity index (χ1) is 8.95. The highest BCUT2D eigenvalue weighted by Gasteiger charge is 2.17. The molecule has 0 fully saturated rings. The summed E-state index contributed by atoms with van der Waals surface area (Å²) in [6.45, 7) is -0.0643. The minimum atomic E-state index is -1.21. The van der Waals surface area contributed by atoms with Crippen LogP contribution in [0, 0.1) is 0 Å². The average Bonchev–Trinajstić information content (AvgIpc) is 2.85. The van der Waals surface area contributed by atoms with E-state index in [9.17, 15) is 9.59 Å². The number of rotatable bonds is 4. The molecule has 0 radical (unpaired) electrons. The molecule has 0 aliphatic rings. The van der Waals surface area contributed by atoms with E-state index in [4.69, 9.17) is 10.8 Å². The van der Waals surface area contributed by atoms with E-state index < -0.39 is 11.9 Å². The number of carbonyl (C=O) groups excluding carboxylic acids is 1. The standard InChI is InChI=1S/C10H12N6O3/c1-15-4-6(9(14-15)10(18)19)12-8(17)5-16-3-2-7(11)13-16/h2-4H,5H2,1H3,(H2,11,13)(H,12,17)(H,18,19). The van der Waals surface area contributed by atoms with Crippen LogP contribution < -0.4 is 11.1 Å². The summed E-state index contributed by atoms with van der Waals surface area (Å²) in [6, 6.07) is 1.56. The molecule has 19 heavy (non-hydrogen) atoms. The minimum Gasteiger partial charge on any atom is -0.476 e. The monoisotopic (exact) mass is 264 g/mol. The van der Waals surface area contributed by atoms with Gasteiger partial charge in [0.1, 0.15) is 12.4 Å². The first kappa shape index (κ1) is 12.6. The number of aromatic carboxylic acids is 1. The van der Waals surface area contributed by atoms with Gasteiger partial charge in [-0.1, -0.05) is 0 Å². The smallest absolute Gasteiger partial charge is 0.358 e. The SMILES string of the molecule is Cn1cc(NC(=O)Cn2ccc(N)n2)c(C(=O)O)n1. The number of nitrogens with two attached hydrogens (primary N) is 1. The molecular formula is C10H12N6O3. The average molecular weight is 264 g/mol. The third kappa shape index (κ3) is 2.89. The van der Waals surface area contributed by atoms with E-state index in [1.54, 1.807) is 19.3 Å². The molecule has 9 nitrogen and oxygen atoms in total. The van der Waals surface area contributed by atoms with Crippen molar-refractivity contribution in [1.82, 2.24) is 19.6 Å². The first-order valence-corrected chi connectivity index (χ1v) is 5.31. The van der Waals surface area contributed by atoms with Crippen LogP contribution in [0.4, 0.5) is 11.5 Å². The van der Waals surface area contributed by atoms with Crippen molar-refractivity contribution in [2.24, 2.45) is 7.05 Å². The summed E-state index contributed by atoms with van der Waals surface area (Å²) < 4.78 is 2.66. The maximum Gasteiger partial charge on any atom is 0.358 e. The minimum absolute atomic E-state index is 0.0643. The molecule has 1 amide bonds. The third-order valence-electron chi connectivity index (χ3n) is 2.27. The lowest BCUT2D eigenvalue weighted by molar-refractivity contribution is -0.116. The van der Waals surface area contributed by atoms with Crippen LogP contribution in [0.1, 0.15) is 10.5 Å². The largest absolute Gasteiger partial charge is 0.476 e. The molecule has 0 saturated carbocycles. The number of hydrogen-bond acceptors (Lipinski definition) is 5. The Labute approximate surface area is 107 Å². The van der Waals surface area contributed by atoms with Crippen LogP contribution in [0.15, 0.2) is 18.5 Å². The van der Waals surface area contributed by atoms with E-state index in [1.807, 2.05) is 0 Å². The number of aromatic nitrogens is 4. The second-order valence-electron chi connectivity index (χ2n) is 3.86. The van der Waals surface area contributed by atoms with Gasteiger partial charge in [0.15, 0.2) is 5.69 Å². The molecular weight excluding hydrogens is 252 g/mol. The molecule has 0 bridgehead atoms. The molecule has 100 valence electrons. The second-order valence-corrected chi connectivity index (χ2v) is 3.86. The van der Waals surface area contributed by atoms with E-state index in [1.165, 1.54) is 15.6 Å². The number of carbonyl (C=O) groups is 2. The lowest BCUT2D eigenvalue weighted by Gasteiger charge is -2.03. The van der Waals surface area contributed by atoms with Crippen LogP contribution in [0.5, 0.6) is 0 Å². The maximum atomic E-state index is 11.7. The molecule has 2 rings (SSSR count). The van der Waals surface area contributed by atoms with Crippen molar-refractivity contribution in [3.05, 3.63) is 24.2 Å². The summed E-state index contributed by atoms with van der Waals surface area (Å²) in [5.74, 6) is -1.32. The van der Waals surface area contributed by atoms with Crippen molar-refractivity contribution in [1.29, 1.82) is 0 Å². The number of amides is 1. The third-order valence-corrected chi connectivity index (χ3v) is 2.27. The van der Waals surface area contributed by atoms with Gasteiger partial charge in [0.05, 0.1) is 5.69 Å². The molecule has 0 spiro atoms. The Morgan fingerprint density at radius 2 is 2.21 bits per heavy atom. The number of nitrogens with zero attached hydrogens (tertiary/aromatic N) is 4. The zero-order valence-electron chi connectivity index (χ0n) is 10.1. The molecule has 0 aliphatic carbocycles. The van der Waals surface area contributed by atoms with Gasteiger partial charge in [0.25, 0.3) is 0 Å². The molecule has 0 aliphatic heterocycles. The molecule has 2 aromatic heterocycles. The van der Waals surface area contributed by atoms with E-state index >= 15 is 0 Å². The number of nitrogen functional groups attached to an aromatic ring is 1. The zero-order valence-corrected chi connectivity index (χ0v) is 10.1. The van der Waals surface area contributed by atoms with Gasteiger partial charge in [-0.25, -0.2) is 4.79 Å². The number of hydrogen-bond donors (Lipinski definition) is 3. The summed E-state index contributed by atoms with van der Waals surface area (Å²) in [5.41, 5.74) is 5.35.